The van der Waals surface area contributed by atoms with Gasteiger partial charge in [-0.25, -0.2) is 4.98 Å². The van der Waals surface area contributed by atoms with Crippen LogP contribution in [0.3, 0.4) is 0 Å². The maximum atomic E-state index is 11.3. The summed E-state index contributed by atoms with van der Waals surface area (Å²) >= 11 is 4.72. The van der Waals surface area contributed by atoms with Gasteiger partial charge < -0.3 is 5.11 Å². The molecule has 1 aliphatic rings. The van der Waals surface area contributed by atoms with E-state index in [1.807, 2.05) is 5.38 Å². The summed E-state index contributed by atoms with van der Waals surface area (Å²) in [5.41, 5.74) is 0.0158. The molecule has 2 rings (SSSR count). The van der Waals surface area contributed by atoms with Gasteiger partial charge in [0.15, 0.2) is 3.92 Å². The number of thiazole rings is 1. The second kappa shape index (κ2) is 3.62. The van der Waals surface area contributed by atoms with Gasteiger partial charge in [-0.15, -0.1) is 11.3 Å². The molecule has 0 atom stereocenters. The van der Waals surface area contributed by atoms with E-state index in [0.717, 1.165) is 35.3 Å². The first kappa shape index (κ1) is 10.1. The molecule has 0 radical (unpaired) electrons. The minimum absolute atomic E-state index is 0.706. The second-order valence-electron chi connectivity index (χ2n) is 3.58. The van der Waals surface area contributed by atoms with Crippen molar-refractivity contribution in [1.29, 1.82) is 0 Å². The van der Waals surface area contributed by atoms with E-state index < -0.39 is 11.4 Å². The quantitative estimate of drug-likeness (QED) is 0.903. The predicted molar refractivity (Wildman–Crippen MR) is 57.6 cm³/mol. The summed E-state index contributed by atoms with van der Waals surface area (Å²) in [6, 6.07) is 0. The highest BCUT2D eigenvalue weighted by atomic mass is 79.9. The van der Waals surface area contributed by atoms with E-state index in [2.05, 4.69) is 20.9 Å². The number of carboxylic acid groups (broad SMARTS) is 1. The molecule has 0 unspecified atom stereocenters. The molecule has 1 N–H and O–H groups in total. The summed E-state index contributed by atoms with van der Waals surface area (Å²) in [4.78, 5) is 15.5. The number of aromatic nitrogens is 1. The monoisotopic (exact) mass is 275 g/mol. The third-order valence-electron chi connectivity index (χ3n) is 2.83. The SMILES string of the molecule is O=C(O)C1(c2csc(Br)n2)CCCC1. The van der Waals surface area contributed by atoms with Crippen molar-refractivity contribution in [2.24, 2.45) is 0 Å². The number of carboxylic acids is 1. The average Bonchev–Trinajstić information content (AvgIpc) is 2.71. The third kappa shape index (κ3) is 1.48. The molecule has 0 spiro atoms. The molecule has 5 heteroatoms. The molecule has 3 nitrogen and oxygen atoms in total. The fourth-order valence-corrected chi connectivity index (χ4v) is 3.14. The molecule has 1 saturated carbocycles. The van der Waals surface area contributed by atoms with Crippen LogP contribution in [0, 0.1) is 0 Å². The van der Waals surface area contributed by atoms with E-state index in [4.69, 9.17) is 0 Å². The van der Waals surface area contributed by atoms with E-state index in [0.29, 0.717) is 0 Å². The van der Waals surface area contributed by atoms with Crippen LogP contribution < -0.4 is 0 Å². The molecule has 0 saturated heterocycles. The van der Waals surface area contributed by atoms with E-state index >= 15 is 0 Å². The lowest BCUT2D eigenvalue weighted by Crippen LogP contribution is -2.32. The molecule has 0 amide bonds. The molecule has 1 aromatic heterocycles. The van der Waals surface area contributed by atoms with Crippen molar-refractivity contribution in [1.82, 2.24) is 4.98 Å². The van der Waals surface area contributed by atoms with Crippen LogP contribution >= 0.6 is 27.3 Å². The second-order valence-corrected chi connectivity index (χ2v) is 5.71. The first-order valence-electron chi connectivity index (χ1n) is 4.50. The zero-order valence-electron chi connectivity index (χ0n) is 7.49. The minimum atomic E-state index is -0.729. The van der Waals surface area contributed by atoms with Gasteiger partial charge in [0, 0.05) is 5.38 Å². The molecule has 1 aliphatic carbocycles. The number of hydrogen-bond acceptors (Lipinski definition) is 3. The Kier molecular flexibility index (Phi) is 2.62. The van der Waals surface area contributed by atoms with Gasteiger partial charge in [0.2, 0.25) is 0 Å². The topological polar surface area (TPSA) is 50.2 Å². The molecular weight excluding hydrogens is 266 g/mol. The number of carbonyl (C=O) groups is 1. The van der Waals surface area contributed by atoms with Crippen molar-refractivity contribution in [2.45, 2.75) is 31.1 Å². The molecule has 14 heavy (non-hydrogen) atoms. The Hall–Kier alpha value is -0.420. The van der Waals surface area contributed by atoms with Crippen molar-refractivity contribution in [3.05, 3.63) is 15.0 Å². The highest BCUT2D eigenvalue weighted by Gasteiger charge is 2.44. The van der Waals surface area contributed by atoms with Crippen molar-refractivity contribution in [2.75, 3.05) is 0 Å². The van der Waals surface area contributed by atoms with E-state index in [-0.39, 0.29) is 0 Å². The van der Waals surface area contributed by atoms with Crippen LogP contribution in [0.4, 0.5) is 0 Å². The largest absolute Gasteiger partial charge is 0.481 e. The molecule has 0 bridgehead atoms. The highest BCUT2D eigenvalue weighted by molar-refractivity contribution is 9.11. The zero-order valence-corrected chi connectivity index (χ0v) is 9.90. The fraction of sp³-hybridized carbons (Fsp3) is 0.556. The van der Waals surface area contributed by atoms with Gasteiger partial charge in [-0.2, -0.15) is 0 Å². The van der Waals surface area contributed by atoms with Crippen LogP contribution in [0.5, 0.6) is 0 Å². The maximum Gasteiger partial charge on any atom is 0.315 e. The maximum absolute atomic E-state index is 11.3. The van der Waals surface area contributed by atoms with Crippen LogP contribution in [0.1, 0.15) is 31.4 Å². The summed E-state index contributed by atoms with van der Waals surface area (Å²) in [7, 11) is 0. The number of rotatable bonds is 2. The van der Waals surface area contributed by atoms with Gasteiger partial charge in [0.1, 0.15) is 5.41 Å². The number of nitrogens with zero attached hydrogens (tertiary/aromatic N) is 1. The van der Waals surface area contributed by atoms with Gasteiger partial charge in [-0.3, -0.25) is 4.79 Å². The Bertz CT molecular complexity index is 357. The smallest absolute Gasteiger partial charge is 0.315 e. The number of halogens is 1. The summed E-state index contributed by atoms with van der Waals surface area (Å²) < 4.78 is 0.764. The molecular formula is C9H10BrNO2S. The summed E-state index contributed by atoms with van der Waals surface area (Å²) in [6.07, 6.45) is 3.42. The predicted octanol–water partition coefficient (Wildman–Crippen LogP) is 2.80. The summed E-state index contributed by atoms with van der Waals surface area (Å²) in [6.45, 7) is 0. The van der Waals surface area contributed by atoms with Crippen molar-refractivity contribution in [3.63, 3.8) is 0 Å². The standard InChI is InChI=1S/C9H10BrNO2S/c10-8-11-6(5-14-8)9(7(12)13)3-1-2-4-9/h5H,1-4H2,(H,12,13). The minimum Gasteiger partial charge on any atom is -0.481 e. The number of hydrogen-bond donors (Lipinski definition) is 1. The van der Waals surface area contributed by atoms with Crippen LogP contribution in [-0.4, -0.2) is 16.1 Å². The molecule has 0 aliphatic heterocycles. The van der Waals surface area contributed by atoms with Gasteiger partial charge in [-0.05, 0) is 28.8 Å². The van der Waals surface area contributed by atoms with Gasteiger partial charge in [0.25, 0.3) is 0 Å². The van der Waals surface area contributed by atoms with Crippen molar-refractivity contribution in [3.8, 4) is 0 Å². The molecule has 0 aromatic carbocycles. The van der Waals surface area contributed by atoms with Crippen molar-refractivity contribution < 1.29 is 9.90 Å². The van der Waals surface area contributed by atoms with E-state index in [9.17, 15) is 9.90 Å². The number of aliphatic carboxylic acids is 1. The normalized spacial score (nSPS) is 19.8. The average molecular weight is 276 g/mol. The first-order valence-corrected chi connectivity index (χ1v) is 6.17. The van der Waals surface area contributed by atoms with Gasteiger partial charge in [-0.1, -0.05) is 12.8 Å². The van der Waals surface area contributed by atoms with Crippen LogP contribution in [-0.2, 0) is 10.2 Å². The summed E-state index contributed by atoms with van der Waals surface area (Å²) in [5.74, 6) is -0.729. The molecule has 76 valence electrons. The molecule has 1 fully saturated rings. The van der Waals surface area contributed by atoms with Crippen molar-refractivity contribution >= 4 is 33.2 Å². The molecule has 1 aromatic rings. The lowest BCUT2D eigenvalue weighted by Gasteiger charge is -2.20. The Morgan fingerprint density at radius 2 is 2.21 bits per heavy atom. The van der Waals surface area contributed by atoms with E-state index in [1.54, 1.807) is 0 Å². The van der Waals surface area contributed by atoms with E-state index in [1.165, 1.54) is 11.3 Å². The third-order valence-corrected chi connectivity index (χ3v) is 4.20. The Labute approximate surface area is 94.3 Å². The van der Waals surface area contributed by atoms with Crippen LogP contribution in [0.15, 0.2) is 9.30 Å². The van der Waals surface area contributed by atoms with Gasteiger partial charge in [0.05, 0.1) is 5.69 Å². The Morgan fingerprint density at radius 1 is 1.57 bits per heavy atom. The Balaban J connectivity index is 2.41. The molecule has 1 heterocycles. The fourth-order valence-electron chi connectivity index (χ4n) is 2.03. The lowest BCUT2D eigenvalue weighted by molar-refractivity contribution is -0.143. The lowest BCUT2D eigenvalue weighted by atomic mass is 9.83. The first-order chi connectivity index (χ1) is 6.65. The zero-order chi connectivity index (χ0) is 10.2. The Morgan fingerprint density at radius 3 is 2.64 bits per heavy atom. The van der Waals surface area contributed by atoms with Crippen LogP contribution in [0.25, 0.3) is 0 Å². The van der Waals surface area contributed by atoms with Gasteiger partial charge >= 0.3 is 5.97 Å². The highest BCUT2D eigenvalue weighted by Crippen LogP contribution is 2.42. The summed E-state index contributed by atoms with van der Waals surface area (Å²) in [5, 5.41) is 11.1. The van der Waals surface area contributed by atoms with Crippen LogP contribution in [0.2, 0.25) is 0 Å².